The van der Waals surface area contributed by atoms with Crippen molar-refractivity contribution < 1.29 is 36.7 Å². The van der Waals surface area contributed by atoms with E-state index in [0.29, 0.717) is 4.90 Å². The maximum absolute atomic E-state index is 14.3. The highest BCUT2D eigenvalue weighted by molar-refractivity contribution is 7.12. The molecule has 2 aromatic rings. The second kappa shape index (κ2) is 6.97. The van der Waals surface area contributed by atoms with E-state index in [4.69, 9.17) is 0 Å². The minimum atomic E-state index is -5.45. The fourth-order valence-corrected chi connectivity index (χ4v) is 3.99. The van der Waals surface area contributed by atoms with Crippen LogP contribution in [0, 0.1) is 11.7 Å². The number of nitrogens with one attached hydrogen (secondary N) is 2. The number of nitrogens with zero attached hydrogens (tertiary/aromatic N) is 2. The van der Waals surface area contributed by atoms with Crippen LogP contribution in [0.25, 0.3) is 0 Å². The molecule has 3 heterocycles. The zero-order valence-corrected chi connectivity index (χ0v) is 15.9. The first kappa shape index (κ1) is 20.7. The summed E-state index contributed by atoms with van der Waals surface area (Å²) in [5.74, 6) is -8.46. The molecule has 4 rings (SSSR count). The van der Waals surface area contributed by atoms with Crippen LogP contribution in [0.15, 0.2) is 46.8 Å². The summed E-state index contributed by atoms with van der Waals surface area (Å²) in [6.07, 6.45) is -5.45. The fraction of sp³-hybridized carbons (Fsp3) is 0.167. The molecule has 0 spiro atoms. The third kappa shape index (κ3) is 3.08. The Hall–Kier alpha value is -3.61. The van der Waals surface area contributed by atoms with Gasteiger partial charge in [0.25, 0.3) is 11.8 Å². The number of anilines is 1. The number of hydrogen-bond acceptors (Lipinski definition) is 5. The summed E-state index contributed by atoms with van der Waals surface area (Å²) in [4.78, 5) is 53.7. The van der Waals surface area contributed by atoms with Crippen LogP contribution in [0.2, 0.25) is 0 Å². The van der Waals surface area contributed by atoms with E-state index < -0.39 is 53.0 Å². The fourth-order valence-electron chi connectivity index (χ4n) is 3.37. The van der Waals surface area contributed by atoms with Crippen LogP contribution in [0.5, 0.6) is 0 Å². The van der Waals surface area contributed by atoms with Crippen molar-refractivity contribution in [1.82, 2.24) is 10.6 Å². The normalized spacial score (nSPS) is 23.4. The van der Waals surface area contributed by atoms with E-state index in [2.05, 4.69) is 4.99 Å². The number of alkyl halides is 3. The molecule has 0 bridgehead atoms. The highest BCUT2D eigenvalue weighted by atomic mass is 32.1. The van der Waals surface area contributed by atoms with Crippen molar-refractivity contribution in [2.75, 3.05) is 4.90 Å². The van der Waals surface area contributed by atoms with Crippen LogP contribution in [0.4, 0.5) is 28.0 Å². The Morgan fingerprint density at radius 2 is 1.84 bits per heavy atom. The van der Waals surface area contributed by atoms with Crippen LogP contribution in [0.1, 0.15) is 9.67 Å². The summed E-state index contributed by atoms with van der Waals surface area (Å²) in [5.41, 5.74) is -3.86. The van der Waals surface area contributed by atoms with Crippen molar-refractivity contribution >= 4 is 46.6 Å². The number of amidine groups is 1. The molecule has 31 heavy (non-hydrogen) atoms. The molecule has 2 unspecified atom stereocenters. The van der Waals surface area contributed by atoms with Crippen molar-refractivity contribution in [2.24, 2.45) is 10.9 Å². The first-order valence-electron chi connectivity index (χ1n) is 8.52. The van der Waals surface area contributed by atoms with Gasteiger partial charge < -0.3 is 5.32 Å². The molecule has 2 atom stereocenters. The van der Waals surface area contributed by atoms with Gasteiger partial charge in [-0.2, -0.15) is 18.2 Å². The van der Waals surface area contributed by atoms with E-state index in [1.54, 1.807) is 10.6 Å². The number of carbonyl (C=O) groups excluding carboxylic acids is 4. The first-order chi connectivity index (χ1) is 14.6. The number of benzene rings is 1. The molecule has 1 fully saturated rings. The summed E-state index contributed by atoms with van der Waals surface area (Å²) >= 11 is 0.826. The lowest BCUT2D eigenvalue weighted by molar-refractivity contribution is -0.201. The van der Waals surface area contributed by atoms with E-state index >= 15 is 0 Å². The van der Waals surface area contributed by atoms with Crippen LogP contribution in [-0.2, 0) is 9.59 Å². The summed E-state index contributed by atoms with van der Waals surface area (Å²) in [6, 6.07) is 5.46. The molecule has 2 N–H and O–H groups in total. The highest BCUT2D eigenvalue weighted by Crippen LogP contribution is 2.44. The standard InChI is InChI=1S/C18H10F4N4O4S/c19-8-3-5-9(6-4-8)26-12-11(14(28)24-16(26)30)17(15(29)23-12,18(20,21)22)25-13(27)10-2-1-7-31-10/h1-7,11H,(H,25,27)(H,24,28,30). The molecule has 0 radical (unpaired) electrons. The predicted molar refractivity (Wildman–Crippen MR) is 98.9 cm³/mol. The molecule has 1 aromatic carbocycles. The van der Waals surface area contributed by atoms with Crippen LogP contribution < -0.4 is 15.5 Å². The van der Waals surface area contributed by atoms with Gasteiger partial charge in [0.1, 0.15) is 17.6 Å². The molecular weight excluding hydrogens is 444 g/mol. The number of halogens is 4. The van der Waals surface area contributed by atoms with Gasteiger partial charge in [-0.3, -0.25) is 19.7 Å². The molecule has 2 aliphatic heterocycles. The van der Waals surface area contributed by atoms with E-state index in [0.717, 1.165) is 35.6 Å². The van der Waals surface area contributed by atoms with Crippen LogP contribution in [-0.4, -0.2) is 41.3 Å². The molecule has 5 amide bonds. The number of hydrogen-bond donors (Lipinski definition) is 2. The van der Waals surface area contributed by atoms with Crippen molar-refractivity contribution in [3.05, 3.63) is 52.5 Å². The number of urea groups is 1. The van der Waals surface area contributed by atoms with Crippen molar-refractivity contribution in [3.63, 3.8) is 0 Å². The Balaban J connectivity index is 1.83. The number of imide groups is 1. The van der Waals surface area contributed by atoms with Gasteiger partial charge in [0.2, 0.25) is 11.4 Å². The average molecular weight is 454 g/mol. The topological polar surface area (TPSA) is 108 Å². The van der Waals surface area contributed by atoms with Gasteiger partial charge in [-0.1, -0.05) is 6.07 Å². The minimum Gasteiger partial charge on any atom is -0.328 e. The summed E-state index contributed by atoms with van der Waals surface area (Å²) < 4.78 is 56.0. The van der Waals surface area contributed by atoms with Gasteiger partial charge in [0.15, 0.2) is 0 Å². The molecule has 0 aliphatic carbocycles. The number of carbonyl (C=O) groups is 4. The zero-order chi connectivity index (χ0) is 22.6. The summed E-state index contributed by atoms with van der Waals surface area (Å²) in [6.45, 7) is 0. The van der Waals surface area contributed by atoms with Gasteiger partial charge >= 0.3 is 12.2 Å². The highest BCUT2D eigenvalue weighted by Gasteiger charge is 2.74. The van der Waals surface area contributed by atoms with E-state index in [9.17, 15) is 36.7 Å². The van der Waals surface area contributed by atoms with Gasteiger partial charge in [0, 0.05) is 0 Å². The molecule has 8 nitrogen and oxygen atoms in total. The monoisotopic (exact) mass is 454 g/mol. The Labute approximate surface area is 174 Å². The summed E-state index contributed by atoms with van der Waals surface area (Å²) in [5, 5.41) is 4.82. The smallest absolute Gasteiger partial charge is 0.328 e. The van der Waals surface area contributed by atoms with E-state index in [1.165, 1.54) is 17.5 Å². The molecule has 13 heteroatoms. The average Bonchev–Trinajstić information content (AvgIpc) is 3.30. The quantitative estimate of drug-likeness (QED) is 0.694. The third-order valence-corrected chi connectivity index (χ3v) is 5.63. The Kier molecular flexibility index (Phi) is 4.65. The Morgan fingerprint density at radius 3 is 2.42 bits per heavy atom. The number of amides is 5. The molecular formula is C18H10F4N4O4S. The van der Waals surface area contributed by atoms with Gasteiger partial charge in [0.05, 0.1) is 10.6 Å². The van der Waals surface area contributed by atoms with E-state index in [-0.39, 0.29) is 10.6 Å². The first-order valence-corrected chi connectivity index (χ1v) is 9.40. The molecule has 2 aliphatic rings. The minimum absolute atomic E-state index is 0.132. The lowest BCUT2D eigenvalue weighted by Crippen LogP contribution is -2.72. The van der Waals surface area contributed by atoms with Crippen molar-refractivity contribution in [3.8, 4) is 0 Å². The third-order valence-electron chi connectivity index (χ3n) is 4.76. The largest absolute Gasteiger partial charge is 0.422 e. The Bertz CT molecular complexity index is 1130. The van der Waals surface area contributed by atoms with Crippen LogP contribution in [0.3, 0.4) is 0 Å². The summed E-state index contributed by atoms with van der Waals surface area (Å²) in [7, 11) is 0. The molecule has 160 valence electrons. The van der Waals surface area contributed by atoms with Gasteiger partial charge in [-0.25, -0.2) is 14.1 Å². The van der Waals surface area contributed by atoms with Crippen LogP contribution >= 0.6 is 11.3 Å². The number of aliphatic imine (C=N–C) groups is 1. The second-order valence-corrected chi connectivity index (χ2v) is 7.50. The van der Waals surface area contributed by atoms with E-state index in [1.807, 2.05) is 0 Å². The number of thiophene rings is 1. The molecule has 1 aromatic heterocycles. The lowest BCUT2D eigenvalue weighted by Gasteiger charge is -2.39. The lowest BCUT2D eigenvalue weighted by atomic mass is 9.81. The SMILES string of the molecule is O=C(NC1(C(F)(F)F)C(=O)N=C2C1C(=O)NC(=O)N2c1ccc(F)cc1)c1cccs1. The van der Waals surface area contributed by atoms with Crippen molar-refractivity contribution in [1.29, 1.82) is 0 Å². The van der Waals surface area contributed by atoms with Crippen molar-refractivity contribution in [2.45, 2.75) is 11.7 Å². The number of rotatable bonds is 3. The van der Waals surface area contributed by atoms with Gasteiger partial charge in [-0.15, -0.1) is 11.3 Å². The zero-order valence-electron chi connectivity index (χ0n) is 15.1. The maximum atomic E-state index is 14.3. The second-order valence-electron chi connectivity index (χ2n) is 6.55. The predicted octanol–water partition coefficient (Wildman–Crippen LogP) is 2.23. The molecule has 0 saturated carbocycles. The number of fused-ring (bicyclic) bond motifs is 1. The molecule has 1 saturated heterocycles. The van der Waals surface area contributed by atoms with Gasteiger partial charge in [-0.05, 0) is 35.7 Å². The maximum Gasteiger partial charge on any atom is 0.422 e. The Morgan fingerprint density at radius 1 is 1.16 bits per heavy atom.